The fourth-order valence-corrected chi connectivity index (χ4v) is 1.84. The Bertz CT molecular complexity index is 693. The Hall–Kier alpha value is -2.74. The smallest absolute Gasteiger partial charge is 0.338 e. The monoisotopic (exact) mass is 336 g/mol. The van der Waals surface area contributed by atoms with E-state index in [2.05, 4.69) is 15.3 Å². The number of anilines is 1. The van der Waals surface area contributed by atoms with Crippen molar-refractivity contribution >= 4 is 29.1 Å². The van der Waals surface area contributed by atoms with E-state index in [1.54, 1.807) is 0 Å². The molecule has 0 aliphatic heterocycles. The zero-order valence-electron chi connectivity index (χ0n) is 11.9. The van der Waals surface area contributed by atoms with Gasteiger partial charge >= 0.3 is 5.97 Å². The second-order valence-electron chi connectivity index (χ2n) is 4.44. The molecule has 0 fully saturated rings. The summed E-state index contributed by atoms with van der Waals surface area (Å²) in [4.78, 5) is 29.4. The fourth-order valence-electron chi connectivity index (χ4n) is 1.66. The summed E-state index contributed by atoms with van der Waals surface area (Å²) in [5.74, 6) is 0.0469. The number of carbonyl (C=O) groups excluding carboxylic acids is 1. The molecular weight excluding hydrogens is 324 g/mol. The lowest BCUT2D eigenvalue weighted by Gasteiger charge is -2.06. The Labute approximate surface area is 136 Å². The number of carbonyl (C=O) groups is 1. The number of ether oxygens (including phenoxy) is 1. The molecule has 120 valence electrons. The van der Waals surface area contributed by atoms with Crippen LogP contribution in [0.5, 0.6) is 0 Å². The van der Waals surface area contributed by atoms with Crippen molar-refractivity contribution in [1.29, 1.82) is 0 Å². The van der Waals surface area contributed by atoms with Crippen molar-refractivity contribution < 1.29 is 14.5 Å². The Kier molecular flexibility index (Phi) is 5.81. The van der Waals surface area contributed by atoms with Gasteiger partial charge in [-0.25, -0.2) is 14.8 Å². The van der Waals surface area contributed by atoms with E-state index in [4.69, 9.17) is 16.3 Å². The zero-order chi connectivity index (χ0) is 16.7. The number of pyridine rings is 2. The van der Waals surface area contributed by atoms with Crippen LogP contribution in [0.1, 0.15) is 16.8 Å². The Morgan fingerprint density at radius 2 is 2.17 bits per heavy atom. The first-order valence-electron chi connectivity index (χ1n) is 6.69. The maximum atomic E-state index is 11.7. The van der Waals surface area contributed by atoms with Crippen LogP contribution in [0.25, 0.3) is 0 Å². The van der Waals surface area contributed by atoms with E-state index < -0.39 is 10.9 Å². The molecular formula is C14H13ClN4O4. The standard InChI is InChI=1S/C14H13ClN4O4/c15-12-8-10(4-6-16-12)14(20)23-7-1-5-17-13-3-2-11(9-18-13)19(21)22/h2-4,6,8-9H,1,5,7H2,(H,17,18). The van der Waals surface area contributed by atoms with E-state index in [1.165, 1.54) is 36.7 Å². The summed E-state index contributed by atoms with van der Waals surface area (Å²) in [5, 5.41) is 13.7. The van der Waals surface area contributed by atoms with E-state index >= 15 is 0 Å². The highest BCUT2D eigenvalue weighted by molar-refractivity contribution is 6.29. The van der Waals surface area contributed by atoms with Crippen LogP contribution in [-0.4, -0.2) is 34.0 Å². The molecule has 0 radical (unpaired) electrons. The molecule has 0 amide bonds. The average molecular weight is 337 g/mol. The number of hydrogen-bond donors (Lipinski definition) is 1. The van der Waals surface area contributed by atoms with Gasteiger partial charge in [0.05, 0.1) is 17.1 Å². The highest BCUT2D eigenvalue weighted by Crippen LogP contribution is 2.12. The molecule has 23 heavy (non-hydrogen) atoms. The van der Waals surface area contributed by atoms with Crippen molar-refractivity contribution in [1.82, 2.24) is 9.97 Å². The van der Waals surface area contributed by atoms with Crippen LogP contribution in [0.3, 0.4) is 0 Å². The zero-order valence-corrected chi connectivity index (χ0v) is 12.7. The highest BCUT2D eigenvalue weighted by Gasteiger charge is 2.08. The molecule has 8 nitrogen and oxygen atoms in total. The second-order valence-corrected chi connectivity index (χ2v) is 4.83. The molecule has 0 atom stereocenters. The van der Waals surface area contributed by atoms with E-state index in [-0.39, 0.29) is 17.4 Å². The maximum Gasteiger partial charge on any atom is 0.338 e. The van der Waals surface area contributed by atoms with Crippen molar-refractivity contribution in [3.05, 3.63) is 57.5 Å². The molecule has 0 unspecified atom stereocenters. The topological polar surface area (TPSA) is 107 Å². The largest absolute Gasteiger partial charge is 0.462 e. The number of aromatic nitrogens is 2. The van der Waals surface area contributed by atoms with Crippen LogP contribution in [0, 0.1) is 10.1 Å². The first-order chi connectivity index (χ1) is 11.1. The summed E-state index contributed by atoms with van der Waals surface area (Å²) in [6, 6.07) is 5.84. The predicted octanol–water partition coefficient (Wildman–Crippen LogP) is 2.70. The summed E-state index contributed by atoms with van der Waals surface area (Å²) in [6.45, 7) is 0.730. The third-order valence-corrected chi connectivity index (χ3v) is 2.99. The van der Waals surface area contributed by atoms with Gasteiger partial charge in [0.1, 0.15) is 17.2 Å². The molecule has 0 bridgehead atoms. The molecule has 0 saturated carbocycles. The average Bonchev–Trinajstić information content (AvgIpc) is 2.54. The summed E-state index contributed by atoms with van der Waals surface area (Å²) in [5.41, 5.74) is 0.274. The van der Waals surface area contributed by atoms with Crippen molar-refractivity contribution in [3.8, 4) is 0 Å². The van der Waals surface area contributed by atoms with Gasteiger partial charge in [0.25, 0.3) is 5.69 Å². The first kappa shape index (κ1) is 16.6. The molecule has 0 aliphatic carbocycles. The summed E-state index contributed by atoms with van der Waals surface area (Å²) in [6.07, 6.45) is 3.17. The molecule has 2 heterocycles. The number of nitro groups is 1. The summed E-state index contributed by atoms with van der Waals surface area (Å²) < 4.78 is 5.10. The molecule has 0 aromatic carbocycles. The minimum Gasteiger partial charge on any atom is -0.462 e. The van der Waals surface area contributed by atoms with Gasteiger partial charge < -0.3 is 10.1 Å². The maximum absolute atomic E-state index is 11.7. The van der Waals surface area contributed by atoms with E-state index in [1.807, 2.05) is 0 Å². The SMILES string of the molecule is O=C(OCCCNc1ccc([N+](=O)[O-])cn1)c1ccnc(Cl)c1. The second kappa shape index (κ2) is 8.04. The summed E-state index contributed by atoms with van der Waals surface area (Å²) >= 11 is 5.69. The van der Waals surface area contributed by atoms with Gasteiger partial charge in [-0.15, -0.1) is 0 Å². The molecule has 0 spiro atoms. The quantitative estimate of drug-likeness (QED) is 0.272. The van der Waals surface area contributed by atoms with Crippen LogP contribution < -0.4 is 5.32 Å². The molecule has 0 aliphatic rings. The van der Waals surface area contributed by atoms with Crippen LogP contribution in [-0.2, 0) is 4.74 Å². The molecule has 0 saturated heterocycles. The molecule has 2 aromatic rings. The van der Waals surface area contributed by atoms with E-state index in [0.29, 0.717) is 24.3 Å². The minimum absolute atomic E-state index is 0.0690. The number of esters is 1. The Morgan fingerprint density at radius 1 is 1.35 bits per heavy atom. The fraction of sp³-hybridized carbons (Fsp3) is 0.214. The number of nitrogens with zero attached hydrogens (tertiary/aromatic N) is 3. The molecule has 2 aromatic heterocycles. The first-order valence-corrected chi connectivity index (χ1v) is 7.07. The molecule has 2 rings (SSSR count). The van der Waals surface area contributed by atoms with Crippen LogP contribution in [0.15, 0.2) is 36.7 Å². The number of halogens is 1. The van der Waals surface area contributed by atoms with Crippen molar-refractivity contribution in [2.45, 2.75) is 6.42 Å². The van der Waals surface area contributed by atoms with E-state index in [0.717, 1.165) is 0 Å². The Morgan fingerprint density at radius 3 is 2.83 bits per heavy atom. The van der Waals surface area contributed by atoms with Crippen molar-refractivity contribution in [2.24, 2.45) is 0 Å². The number of hydrogen-bond acceptors (Lipinski definition) is 7. The lowest BCUT2D eigenvalue weighted by Crippen LogP contribution is -2.11. The van der Waals surface area contributed by atoms with Gasteiger partial charge in [-0.1, -0.05) is 11.6 Å². The van der Waals surface area contributed by atoms with Gasteiger partial charge in [0, 0.05) is 18.8 Å². The van der Waals surface area contributed by atoms with Gasteiger partial charge in [-0.3, -0.25) is 10.1 Å². The lowest BCUT2D eigenvalue weighted by molar-refractivity contribution is -0.385. The van der Waals surface area contributed by atoms with Crippen LogP contribution in [0.2, 0.25) is 5.15 Å². The minimum atomic E-state index is -0.512. The molecule has 9 heteroatoms. The Balaban J connectivity index is 1.69. The highest BCUT2D eigenvalue weighted by atomic mass is 35.5. The number of nitrogens with one attached hydrogen (secondary N) is 1. The van der Waals surface area contributed by atoms with Crippen molar-refractivity contribution in [2.75, 3.05) is 18.5 Å². The van der Waals surface area contributed by atoms with Gasteiger partial charge in [-0.2, -0.15) is 0 Å². The lowest BCUT2D eigenvalue weighted by atomic mass is 10.3. The predicted molar refractivity (Wildman–Crippen MR) is 83.5 cm³/mol. The van der Waals surface area contributed by atoms with Crippen LogP contribution >= 0.6 is 11.6 Å². The van der Waals surface area contributed by atoms with Gasteiger partial charge in [0.15, 0.2) is 0 Å². The third kappa shape index (κ3) is 5.19. The third-order valence-electron chi connectivity index (χ3n) is 2.78. The van der Waals surface area contributed by atoms with Gasteiger partial charge in [0.2, 0.25) is 0 Å². The van der Waals surface area contributed by atoms with E-state index in [9.17, 15) is 14.9 Å². The van der Waals surface area contributed by atoms with Crippen LogP contribution in [0.4, 0.5) is 11.5 Å². The van der Waals surface area contributed by atoms with Gasteiger partial charge in [-0.05, 0) is 24.6 Å². The van der Waals surface area contributed by atoms with Crippen molar-refractivity contribution in [3.63, 3.8) is 0 Å². The molecule has 1 N–H and O–H groups in total. The number of rotatable bonds is 7. The normalized spacial score (nSPS) is 10.1. The summed E-state index contributed by atoms with van der Waals surface area (Å²) in [7, 11) is 0.